The lowest BCUT2D eigenvalue weighted by Crippen LogP contribution is -2.41. The lowest BCUT2D eigenvalue weighted by Gasteiger charge is -2.36. The van der Waals surface area contributed by atoms with E-state index in [9.17, 15) is 9.59 Å². The second-order valence-electron chi connectivity index (χ2n) is 8.47. The molecule has 0 radical (unpaired) electrons. The molecule has 158 valence electrons. The normalized spacial score (nSPS) is 14.1. The van der Waals surface area contributed by atoms with Crippen LogP contribution in [0.15, 0.2) is 24.3 Å². The van der Waals surface area contributed by atoms with E-state index in [1.54, 1.807) is 27.9 Å². The number of hydrogen-bond acceptors (Lipinski definition) is 6. The number of carbonyl (C=O) groups is 2. The Morgan fingerprint density at radius 2 is 1.71 bits per heavy atom. The fourth-order valence-corrected chi connectivity index (χ4v) is 3.13. The van der Waals surface area contributed by atoms with Crippen molar-refractivity contribution in [1.29, 1.82) is 0 Å². The Bertz CT molecular complexity index is 679. The van der Waals surface area contributed by atoms with Gasteiger partial charge in [0.1, 0.15) is 18.0 Å². The van der Waals surface area contributed by atoms with E-state index >= 15 is 0 Å². The monoisotopic (exact) mass is 394 g/mol. The average Bonchev–Trinajstić information content (AvgIpc) is 2.65. The minimum absolute atomic E-state index is 0.0571. The first-order valence-electron chi connectivity index (χ1n) is 9.58. The molecule has 6 nitrogen and oxygen atoms in total. The third-order valence-corrected chi connectivity index (χ3v) is 5.10. The second-order valence-corrected chi connectivity index (χ2v) is 8.47. The molecule has 0 heterocycles. The van der Waals surface area contributed by atoms with E-state index in [1.807, 2.05) is 45.0 Å². The van der Waals surface area contributed by atoms with Gasteiger partial charge in [-0.2, -0.15) is 0 Å². The lowest BCUT2D eigenvalue weighted by molar-refractivity contribution is -0.174. The Labute approximate surface area is 168 Å². The highest BCUT2D eigenvalue weighted by Gasteiger charge is 2.44. The average molecular weight is 395 g/mol. The van der Waals surface area contributed by atoms with E-state index in [4.69, 9.17) is 19.3 Å². The fourth-order valence-electron chi connectivity index (χ4n) is 3.13. The molecule has 1 atom stereocenters. The van der Waals surface area contributed by atoms with Gasteiger partial charge < -0.3 is 19.3 Å². The minimum atomic E-state index is -0.890. The summed E-state index contributed by atoms with van der Waals surface area (Å²) in [5.74, 6) is -0.125. The van der Waals surface area contributed by atoms with Gasteiger partial charge in [0.05, 0.1) is 24.5 Å². The molecule has 0 aliphatic rings. The molecule has 0 aliphatic carbocycles. The highest BCUT2D eigenvalue weighted by molar-refractivity contribution is 5.80. The molecular weight excluding hydrogens is 360 g/mol. The zero-order chi connectivity index (χ0) is 21.6. The number of aliphatic hydroxyl groups excluding tert-OH is 1. The van der Waals surface area contributed by atoms with E-state index in [2.05, 4.69) is 0 Å². The number of rotatable bonds is 10. The molecule has 0 bridgehead atoms. The van der Waals surface area contributed by atoms with Gasteiger partial charge in [-0.3, -0.25) is 9.59 Å². The van der Waals surface area contributed by atoms with Crippen LogP contribution in [0.2, 0.25) is 0 Å². The number of esters is 2. The summed E-state index contributed by atoms with van der Waals surface area (Å²) in [6.45, 7) is 10.5. The van der Waals surface area contributed by atoms with Gasteiger partial charge in [-0.1, -0.05) is 19.1 Å². The van der Waals surface area contributed by atoms with Gasteiger partial charge in [0, 0.05) is 0 Å². The van der Waals surface area contributed by atoms with Crippen molar-refractivity contribution in [3.63, 3.8) is 0 Å². The van der Waals surface area contributed by atoms with Crippen molar-refractivity contribution in [3.8, 4) is 5.75 Å². The van der Waals surface area contributed by atoms with Crippen LogP contribution in [0.25, 0.3) is 0 Å². The van der Waals surface area contributed by atoms with Crippen LogP contribution in [-0.4, -0.2) is 37.4 Å². The first-order chi connectivity index (χ1) is 12.9. The van der Waals surface area contributed by atoms with Gasteiger partial charge in [-0.05, 0) is 65.2 Å². The van der Waals surface area contributed by atoms with Gasteiger partial charge in [0.15, 0.2) is 0 Å². The largest absolute Gasteiger partial charge is 0.497 e. The van der Waals surface area contributed by atoms with Crippen molar-refractivity contribution >= 4 is 11.9 Å². The maximum atomic E-state index is 13.1. The number of methoxy groups -OCH3 is 1. The molecular formula is C22H34O6. The van der Waals surface area contributed by atoms with Crippen LogP contribution in [0.3, 0.4) is 0 Å². The molecule has 0 saturated carbocycles. The minimum Gasteiger partial charge on any atom is -0.497 e. The van der Waals surface area contributed by atoms with Crippen molar-refractivity contribution in [2.45, 2.75) is 60.0 Å². The van der Waals surface area contributed by atoms with Crippen LogP contribution in [0.1, 0.15) is 59.9 Å². The topological polar surface area (TPSA) is 82.1 Å². The number of aliphatic hydroxyl groups is 1. The summed E-state index contributed by atoms with van der Waals surface area (Å²) in [5, 5.41) is 8.86. The van der Waals surface area contributed by atoms with Crippen LogP contribution < -0.4 is 4.74 Å². The van der Waals surface area contributed by atoms with Crippen LogP contribution in [0.4, 0.5) is 0 Å². The molecule has 1 N–H and O–H groups in total. The standard InChI is InChI=1S/C22H34O6/c1-8-22(6,15-20(2,3)18(24)27-13-12-23)19(25)28-21(4,5)16-10-9-11-17(14-16)26-7/h9-11,14,23H,8,12-13,15H2,1-7H3. The van der Waals surface area contributed by atoms with Gasteiger partial charge in [-0.15, -0.1) is 0 Å². The molecule has 0 saturated heterocycles. The van der Waals surface area contributed by atoms with Crippen molar-refractivity contribution < 1.29 is 28.9 Å². The number of benzene rings is 1. The highest BCUT2D eigenvalue weighted by atomic mass is 16.6. The SMILES string of the molecule is CCC(C)(CC(C)(C)C(=O)OCCO)C(=O)OC(C)(C)c1cccc(OC)c1. The zero-order valence-electron chi connectivity index (χ0n) is 18.1. The molecule has 0 aliphatic heterocycles. The second kappa shape index (κ2) is 9.41. The highest BCUT2D eigenvalue weighted by Crippen LogP contribution is 2.40. The summed E-state index contributed by atoms with van der Waals surface area (Å²) >= 11 is 0. The van der Waals surface area contributed by atoms with E-state index in [0.29, 0.717) is 12.2 Å². The predicted molar refractivity (Wildman–Crippen MR) is 107 cm³/mol. The number of hydrogen-bond donors (Lipinski definition) is 1. The van der Waals surface area contributed by atoms with E-state index in [-0.39, 0.29) is 25.6 Å². The maximum absolute atomic E-state index is 13.1. The Balaban J connectivity index is 3.00. The van der Waals surface area contributed by atoms with Gasteiger partial charge in [-0.25, -0.2) is 0 Å². The Morgan fingerprint density at radius 3 is 2.25 bits per heavy atom. The smallest absolute Gasteiger partial charge is 0.312 e. The van der Waals surface area contributed by atoms with Crippen molar-refractivity contribution in [1.82, 2.24) is 0 Å². The lowest BCUT2D eigenvalue weighted by atomic mass is 9.72. The maximum Gasteiger partial charge on any atom is 0.312 e. The van der Waals surface area contributed by atoms with Crippen LogP contribution in [-0.2, 0) is 24.7 Å². The summed E-state index contributed by atoms with van der Waals surface area (Å²) in [4.78, 5) is 25.4. The van der Waals surface area contributed by atoms with Gasteiger partial charge in [0.2, 0.25) is 0 Å². The molecule has 1 aromatic carbocycles. The zero-order valence-corrected chi connectivity index (χ0v) is 18.1. The first kappa shape index (κ1) is 24.0. The van der Waals surface area contributed by atoms with Crippen molar-refractivity contribution in [3.05, 3.63) is 29.8 Å². The van der Waals surface area contributed by atoms with E-state index in [0.717, 1.165) is 5.56 Å². The quantitative estimate of drug-likeness (QED) is 0.607. The van der Waals surface area contributed by atoms with Crippen LogP contribution in [0.5, 0.6) is 5.75 Å². The summed E-state index contributed by atoms with van der Waals surface area (Å²) in [6.07, 6.45) is 0.782. The molecule has 1 rings (SSSR count). The fraction of sp³-hybridized carbons (Fsp3) is 0.636. The molecule has 0 aromatic heterocycles. The third kappa shape index (κ3) is 5.96. The van der Waals surface area contributed by atoms with Gasteiger partial charge >= 0.3 is 11.9 Å². The molecule has 28 heavy (non-hydrogen) atoms. The summed E-state index contributed by atoms with van der Waals surface area (Å²) in [6, 6.07) is 7.41. The van der Waals surface area contributed by atoms with E-state index < -0.39 is 22.4 Å². The molecule has 0 fully saturated rings. The Kier molecular flexibility index (Phi) is 8.05. The summed E-state index contributed by atoms with van der Waals surface area (Å²) in [5.41, 5.74) is -1.79. The van der Waals surface area contributed by atoms with Crippen LogP contribution in [0, 0.1) is 10.8 Å². The number of carbonyl (C=O) groups excluding carboxylic acids is 2. The first-order valence-corrected chi connectivity index (χ1v) is 9.58. The Hall–Kier alpha value is -2.08. The molecule has 6 heteroatoms. The van der Waals surface area contributed by atoms with E-state index in [1.165, 1.54) is 0 Å². The Morgan fingerprint density at radius 1 is 1.07 bits per heavy atom. The molecule has 0 spiro atoms. The summed E-state index contributed by atoms with van der Waals surface area (Å²) < 4.78 is 16.2. The third-order valence-electron chi connectivity index (χ3n) is 5.10. The predicted octanol–water partition coefficient (Wildman–Crippen LogP) is 3.84. The molecule has 0 amide bonds. The van der Waals surface area contributed by atoms with Gasteiger partial charge in [0.25, 0.3) is 0 Å². The molecule has 1 unspecified atom stereocenters. The van der Waals surface area contributed by atoms with Crippen molar-refractivity contribution in [2.75, 3.05) is 20.3 Å². The van der Waals surface area contributed by atoms with Crippen molar-refractivity contribution in [2.24, 2.45) is 10.8 Å². The molecule has 1 aromatic rings. The van der Waals surface area contributed by atoms with Crippen LogP contribution >= 0.6 is 0 Å². The summed E-state index contributed by atoms with van der Waals surface area (Å²) in [7, 11) is 1.59. The number of ether oxygens (including phenoxy) is 3.